The van der Waals surface area contributed by atoms with E-state index in [1.165, 1.54) is 15.0 Å². The number of imidazole rings is 1. The van der Waals surface area contributed by atoms with Crippen molar-refractivity contribution in [1.82, 2.24) is 19.1 Å². The summed E-state index contributed by atoms with van der Waals surface area (Å²) in [4.78, 5) is 33.3. The Bertz CT molecular complexity index is 1080. The number of nitrogens with one attached hydrogen (secondary N) is 2. The van der Waals surface area contributed by atoms with Crippen LogP contribution in [0.4, 0.5) is 0 Å². The van der Waals surface area contributed by atoms with Crippen LogP contribution in [0.2, 0.25) is 0 Å². The first-order chi connectivity index (χ1) is 13.5. The minimum atomic E-state index is -0.435. The zero-order valence-corrected chi connectivity index (χ0v) is 17.2. The Morgan fingerprint density at radius 3 is 2.61 bits per heavy atom. The van der Waals surface area contributed by atoms with Gasteiger partial charge in [0.2, 0.25) is 0 Å². The molecule has 0 radical (unpaired) electrons. The highest BCUT2D eigenvalue weighted by molar-refractivity contribution is 5.71. The number of hydrogen-bond donors (Lipinski definition) is 2. The summed E-state index contributed by atoms with van der Waals surface area (Å²) in [5.74, 6) is 0.845. The third-order valence-corrected chi connectivity index (χ3v) is 5.47. The van der Waals surface area contributed by atoms with Gasteiger partial charge in [-0.1, -0.05) is 37.6 Å². The van der Waals surface area contributed by atoms with Crippen LogP contribution in [0.1, 0.15) is 43.6 Å². The number of aromatic amines is 1. The van der Waals surface area contributed by atoms with Gasteiger partial charge in [0.15, 0.2) is 17.0 Å². The van der Waals surface area contributed by atoms with Crippen molar-refractivity contribution in [2.24, 2.45) is 7.05 Å². The maximum absolute atomic E-state index is 12.7. The van der Waals surface area contributed by atoms with E-state index in [0.29, 0.717) is 17.7 Å². The third kappa shape index (κ3) is 3.94. The van der Waals surface area contributed by atoms with Gasteiger partial charge in [0.1, 0.15) is 6.54 Å². The summed E-state index contributed by atoms with van der Waals surface area (Å²) in [5, 5.41) is 0. The van der Waals surface area contributed by atoms with Crippen LogP contribution in [0, 0.1) is 6.92 Å². The average Bonchev–Trinajstić information content (AvgIpc) is 3.03. The van der Waals surface area contributed by atoms with Gasteiger partial charge in [-0.05, 0) is 31.4 Å². The monoisotopic (exact) mass is 384 g/mol. The second-order valence-electron chi connectivity index (χ2n) is 7.42. The predicted octanol–water partition coefficient (Wildman–Crippen LogP) is 0.985. The summed E-state index contributed by atoms with van der Waals surface area (Å²) in [6, 6.07) is 8.16. The van der Waals surface area contributed by atoms with Gasteiger partial charge in [0.05, 0.1) is 19.6 Å². The second kappa shape index (κ2) is 8.56. The predicted molar refractivity (Wildman–Crippen MR) is 111 cm³/mol. The number of aryl methyl sites for hydroxylation is 2. The zero-order valence-electron chi connectivity index (χ0n) is 17.2. The Morgan fingerprint density at radius 2 is 1.93 bits per heavy atom. The van der Waals surface area contributed by atoms with E-state index in [4.69, 9.17) is 4.98 Å². The largest absolute Gasteiger partial charge is 0.329 e. The molecule has 3 aromatic rings. The lowest BCUT2D eigenvalue weighted by Crippen LogP contribution is -3.10. The third-order valence-electron chi connectivity index (χ3n) is 5.47. The molecule has 0 amide bonds. The van der Waals surface area contributed by atoms with Crippen molar-refractivity contribution in [2.45, 2.75) is 46.7 Å². The molecule has 0 saturated heterocycles. The number of quaternary nitrogens is 1. The Balaban J connectivity index is 2.14. The summed E-state index contributed by atoms with van der Waals surface area (Å²) in [6.07, 6.45) is 2.30. The first kappa shape index (κ1) is 20.1. The number of rotatable bonds is 8. The Kier molecular flexibility index (Phi) is 6.14. The van der Waals surface area contributed by atoms with Crippen molar-refractivity contribution < 1.29 is 4.90 Å². The Labute approximate surface area is 164 Å². The summed E-state index contributed by atoms with van der Waals surface area (Å²) in [6.45, 7) is 9.77. The van der Waals surface area contributed by atoms with Crippen molar-refractivity contribution in [1.29, 1.82) is 0 Å². The van der Waals surface area contributed by atoms with Gasteiger partial charge in [0.25, 0.3) is 5.56 Å². The summed E-state index contributed by atoms with van der Waals surface area (Å²) in [7, 11) is 1.65. The molecule has 3 rings (SSSR count). The van der Waals surface area contributed by atoms with Gasteiger partial charge in [-0.3, -0.25) is 14.3 Å². The van der Waals surface area contributed by atoms with E-state index in [-0.39, 0.29) is 5.56 Å². The fourth-order valence-corrected chi connectivity index (χ4v) is 3.58. The van der Waals surface area contributed by atoms with E-state index in [0.717, 1.165) is 43.9 Å². The normalized spacial score (nSPS) is 12.6. The topological polar surface area (TPSA) is 77.1 Å². The van der Waals surface area contributed by atoms with E-state index in [1.54, 1.807) is 7.05 Å². The van der Waals surface area contributed by atoms with Gasteiger partial charge < -0.3 is 9.47 Å². The van der Waals surface area contributed by atoms with Gasteiger partial charge in [-0.15, -0.1) is 0 Å². The van der Waals surface area contributed by atoms with E-state index in [1.807, 2.05) is 16.7 Å². The maximum Gasteiger partial charge on any atom is 0.329 e. The van der Waals surface area contributed by atoms with Crippen molar-refractivity contribution in [3.05, 3.63) is 62.1 Å². The van der Waals surface area contributed by atoms with Crippen molar-refractivity contribution in [3.63, 3.8) is 0 Å². The molecule has 0 aliphatic rings. The quantitative estimate of drug-likeness (QED) is 0.608. The van der Waals surface area contributed by atoms with Gasteiger partial charge >= 0.3 is 5.69 Å². The van der Waals surface area contributed by atoms with Crippen molar-refractivity contribution >= 4 is 11.2 Å². The lowest BCUT2D eigenvalue weighted by atomic mass is 10.1. The number of aromatic nitrogens is 4. The van der Waals surface area contributed by atoms with Crippen LogP contribution in [0.15, 0.2) is 33.9 Å². The first-order valence-corrected chi connectivity index (χ1v) is 10.0. The molecule has 0 spiro atoms. The number of unbranched alkanes of at least 4 members (excludes halogenated alkanes) is 1. The molecule has 2 aromatic heterocycles. The zero-order chi connectivity index (χ0) is 20.3. The molecule has 2 heterocycles. The standard InChI is InChI=1S/C21H29N5O2/c1-5-7-12-25(6-2)14-17-22-19-18(20(27)23-21(28)24(19)4)26(17)13-16-11-9-8-10-15(16)3/h8-11H,5-7,12-14H2,1-4H3,(H,23,27,28)/p+1. The van der Waals surface area contributed by atoms with Crippen LogP contribution in [-0.2, 0) is 20.1 Å². The number of fused-ring (bicyclic) bond motifs is 1. The van der Waals surface area contributed by atoms with Crippen LogP contribution in [-0.4, -0.2) is 32.2 Å². The lowest BCUT2D eigenvalue weighted by Gasteiger charge is -2.18. The van der Waals surface area contributed by atoms with Crippen LogP contribution in [0.25, 0.3) is 11.2 Å². The molecular weight excluding hydrogens is 354 g/mol. The number of H-pyrrole nitrogens is 1. The molecule has 150 valence electrons. The minimum Gasteiger partial charge on any atom is -0.329 e. The molecule has 0 fully saturated rings. The SMILES string of the molecule is CCCC[NH+](CC)Cc1nc2c(c(=O)[nH]c(=O)n2C)n1Cc1ccccc1C. The molecule has 1 atom stereocenters. The maximum atomic E-state index is 12.7. The molecule has 28 heavy (non-hydrogen) atoms. The summed E-state index contributed by atoms with van der Waals surface area (Å²) >= 11 is 0. The number of hydrogen-bond acceptors (Lipinski definition) is 3. The molecule has 0 saturated carbocycles. The van der Waals surface area contributed by atoms with Crippen LogP contribution in [0.5, 0.6) is 0 Å². The molecular formula is C21H30N5O2+. The average molecular weight is 385 g/mol. The van der Waals surface area contributed by atoms with Crippen LogP contribution < -0.4 is 16.1 Å². The van der Waals surface area contributed by atoms with E-state index >= 15 is 0 Å². The number of nitrogens with zero attached hydrogens (tertiary/aromatic N) is 3. The van der Waals surface area contributed by atoms with Gasteiger partial charge in [-0.25, -0.2) is 9.78 Å². The molecule has 7 heteroatoms. The number of benzene rings is 1. The van der Waals surface area contributed by atoms with E-state index in [9.17, 15) is 9.59 Å². The Hall–Kier alpha value is -2.67. The molecule has 1 unspecified atom stereocenters. The Morgan fingerprint density at radius 1 is 1.18 bits per heavy atom. The fourth-order valence-electron chi connectivity index (χ4n) is 3.58. The lowest BCUT2D eigenvalue weighted by molar-refractivity contribution is -0.913. The molecule has 0 aliphatic carbocycles. The molecule has 0 aliphatic heterocycles. The van der Waals surface area contributed by atoms with Gasteiger partial charge in [-0.2, -0.15) is 0 Å². The summed E-state index contributed by atoms with van der Waals surface area (Å²) in [5.41, 5.74) is 2.41. The van der Waals surface area contributed by atoms with E-state index in [2.05, 4.69) is 37.9 Å². The van der Waals surface area contributed by atoms with E-state index < -0.39 is 5.69 Å². The first-order valence-electron chi connectivity index (χ1n) is 10.0. The van der Waals surface area contributed by atoms with Crippen LogP contribution in [0.3, 0.4) is 0 Å². The van der Waals surface area contributed by atoms with Crippen molar-refractivity contribution in [2.75, 3.05) is 13.1 Å². The highest BCUT2D eigenvalue weighted by atomic mass is 16.2. The molecule has 0 bridgehead atoms. The smallest absolute Gasteiger partial charge is 0.329 e. The molecule has 2 N–H and O–H groups in total. The highest BCUT2D eigenvalue weighted by Gasteiger charge is 2.21. The highest BCUT2D eigenvalue weighted by Crippen LogP contribution is 2.15. The van der Waals surface area contributed by atoms with Crippen molar-refractivity contribution in [3.8, 4) is 0 Å². The fraction of sp³-hybridized carbons (Fsp3) is 0.476. The van der Waals surface area contributed by atoms with Crippen LogP contribution >= 0.6 is 0 Å². The minimum absolute atomic E-state index is 0.378. The van der Waals surface area contributed by atoms with Gasteiger partial charge in [0, 0.05) is 7.05 Å². The molecule has 7 nitrogen and oxygen atoms in total. The summed E-state index contributed by atoms with van der Waals surface area (Å²) < 4.78 is 3.41. The molecule has 1 aromatic carbocycles. The second-order valence-corrected chi connectivity index (χ2v) is 7.42.